The van der Waals surface area contributed by atoms with Crippen LogP contribution in [0.25, 0.3) is 22.4 Å². The Labute approximate surface area is 109 Å². The number of aromatic nitrogens is 3. The molecule has 2 heterocycles. The Morgan fingerprint density at radius 3 is 2.89 bits per heavy atom. The first-order valence-corrected chi connectivity index (χ1v) is 6.06. The molecule has 0 saturated heterocycles. The number of aryl methyl sites for hydroxylation is 1. The van der Waals surface area contributed by atoms with Crippen molar-refractivity contribution >= 4 is 11.0 Å². The zero-order valence-corrected chi connectivity index (χ0v) is 10.5. The number of pyridine rings is 1. The first kappa shape index (κ1) is 11.7. The SMILES string of the molecule is Cc1cc(=O)c(-c2nc3ccc(CN)cc3[nH]2)c[nH]1. The quantitative estimate of drug-likeness (QED) is 0.650. The molecule has 0 bridgehead atoms. The van der Waals surface area contributed by atoms with Gasteiger partial charge in [-0.15, -0.1) is 0 Å². The van der Waals surface area contributed by atoms with Crippen molar-refractivity contribution in [1.29, 1.82) is 0 Å². The van der Waals surface area contributed by atoms with E-state index in [4.69, 9.17) is 5.73 Å². The Kier molecular flexibility index (Phi) is 2.68. The largest absolute Gasteiger partial charge is 0.364 e. The highest BCUT2D eigenvalue weighted by Gasteiger charge is 2.09. The van der Waals surface area contributed by atoms with Gasteiger partial charge < -0.3 is 15.7 Å². The molecule has 2 aromatic heterocycles. The summed E-state index contributed by atoms with van der Waals surface area (Å²) in [5.41, 5.74) is 9.67. The number of nitrogens with one attached hydrogen (secondary N) is 2. The van der Waals surface area contributed by atoms with Crippen molar-refractivity contribution in [3.63, 3.8) is 0 Å². The summed E-state index contributed by atoms with van der Waals surface area (Å²) in [6, 6.07) is 7.36. The predicted octanol–water partition coefficient (Wildman–Crippen LogP) is 1.69. The van der Waals surface area contributed by atoms with Crippen molar-refractivity contribution in [2.75, 3.05) is 0 Å². The number of aromatic amines is 2. The van der Waals surface area contributed by atoms with Gasteiger partial charge in [0.15, 0.2) is 5.43 Å². The summed E-state index contributed by atoms with van der Waals surface area (Å²) in [4.78, 5) is 22.6. The lowest BCUT2D eigenvalue weighted by Gasteiger charge is -1.96. The fourth-order valence-corrected chi connectivity index (χ4v) is 2.07. The van der Waals surface area contributed by atoms with E-state index in [1.54, 1.807) is 12.3 Å². The van der Waals surface area contributed by atoms with Gasteiger partial charge in [0.25, 0.3) is 0 Å². The standard InChI is InChI=1S/C14H14N4O/c1-8-4-13(19)10(7-16-8)14-17-11-3-2-9(6-15)5-12(11)18-14/h2-5,7H,6,15H2,1H3,(H,16,19)(H,17,18). The van der Waals surface area contributed by atoms with Gasteiger partial charge in [-0.25, -0.2) is 4.98 Å². The number of nitrogens with two attached hydrogens (primary N) is 1. The monoisotopic (exact) mass is 254 g/mol. The van der Waals surface area contributed by atoms with Crippen LogP contribution in [0.3, 0.4) is 0 Å². The van der Waals surface area contributed by atoms with Gasteiger partial charge in [0.05, 0.1) is 16.6 Å². The molecule has 0 unspecified atom stereocenters. The zero-order chi connectivity index (χ0) is 13.4. The third kappa shape index (κ3) is 2.04. The second-order valence-corrected chi connectivity index (χ2v) is 4.53. The molecule has 0 saturated carbocycles. The van der Waals surface area contributed by atoms with E-state index >= 15 is 0 Å². The zero-order valence-electron chi connectivity index (χ0n) is 10.5. The van der Waals surface area contributed by atoms with Gasteiger partial charge >= 0.3 is 0 Å². The summed E-state index contributed by atoms with van der Waals surface area (Å²) >= 11 is 0. The van der Waals surface area contributed by atoms with Gasteiger partial charge in [0.1, 0.15) is 5.82 Å². The van der Waals surface area contributed by atoms with Gasteiger partial charge in [0.2, 0.25) is 0 Å². The Hall–Kier alpha value is -2.40. The molecule has 0 amide bonds. The molecule has 0 aliphatic heterocycles. The Balaban J connectivity index is 2.17. The molecule has 3 aromatic rings. The van der Waals surface area contributed by atoms with Gasteiger partial charge in [-0.1, -0.05) is 6.07 Å². The number of nitrogens with zero attached hydrogens (tertiary/aromatic N) is 1. The average Bonchev–Trinajstić information content (AvgIpc) is 2.80. The first-order chi connectivity index (χ1) is 9.17. The minimum absolute atomic E-state index is 0.0469. The number of hydrogen-bond acceptors (Lipinski definition) is 3. The van der Waals surface area contributed by atoms with Crippen LogP contribution < -0.4 is 11.2 Å². The van der Waals surface area contributed by atoms with Crippen molar-refractivity contribution in [1.82, 2.24) is 15.0 Å². The van der Waals surface area contributed by atoms with Gasteiger partial charge in [-0.05, 0) is 24.6 Å². The number of benzene rings is 1. The highest BCUT2D eigenvalue weighted by Crippen LogP contribution is 2.18. The molecule has 1 aromatic carbocycles. The molecular weight excluding hydrogens is 240 g/mol. The minimum Gasteiger partial charge on any atom is -0.364 e. The van der Waals surface area contributed by atoms with Crippen LogP contribution in [-0.2, 0) is 6.54 Å². The predicted molar refractivity (Wildman–Crippen MR) is 74.8 cm³/mol. The maximum Gasteiger partial charge on any atom is 0.192 e. The fraction of sp³-hybridized carbons (Fsp3) is 0.143. The highest BCUT2D eigenvalue weighted by atomic mass is 16.1. The van der Waals surface area contributed by atoms with E-state index in [-0.39, 0.29) is 5.43 Å². The van der Waals surface area contributed by atoms with Crippen LogP contribution in [0.4, 0.5) is 0 Å². The minimum atomic E-state index is -0.0469. The lowest BCUT2D eigenvalue weighted by molar-refractivity contribution is 1.07. The number of hydrogen-bond donors (Lipinski definition) is 3. The van der Waals surface area contributed by atoms with E-state index in [9.17, 15) is 4.79 Å². The van der Waals surface area contributed by atoms with E-state index in [2.05, 4.69) is 15.0 Å². The summed E-state index contributed by atoms with van der Waals surface area (Å²) in [5.74, 6) is 0.574. The average molecular weight is 254 g/mol. The molecule has 4 N–H and O–H groups in total. The van der Waals surface area contributed by atoms with Crippen molar-refractivity contribution in [2.24, 2.45) is 5.73 Å². The smallest absolute Gasteiger partial charge is 0.192 e. The van der Waals surface area contributed by atoms with Gasteiger partial charge in [0, 0.05) is 24.5 Å². The summed E-state index contributed by atoms with van der Waals surface area (Å²) in [7, 11) is 0. The van der Waals surface area contributed by atoms with Crippen LogP contribution in [0.1, 0.15) is 11.3 Å². The van der Waals surface area contributed by atoms with E-state index in [0.717, 1.165) is 22.3 Å². The Morgan fingerprint density at radius 2 is 2.16 bits per heavy atom. The third-order valence-electron chi connectivity index (χ3n) is 3.09. The second-order valence-electron chi connectivity index (χ2n) is 4.53. The van der Waals surface area contributed by atoms with Gasteiger partial charge in [-0.3, -0.25) is 4.79 Å². The number of imidazole rings is 1. The Morgan fingerprint density at radius 1 is 1.32 bits per heavy atom. The van der Waals surface area contributed by atoms with Crippen LogP contribution in [0, 0.1) is 6.92 Å². The number of fused-ring (bicyclic) bond motifs is 1. The molecule has 0 aliphatic carbocycles. The van der Waals surface area contributed by atoms with Crippen LogP contribution in [0.5, 0.6) is 0 Å². The molecule has 0 atom stereocenters. The molecule has 0 fully saturated rings. The van der Waals surface area contributed by atoms with Crippen molar-refractivity contribution < 1.29 is 0 Å². The fourth-order valence-electron chi connectivity index (χ4n) is 2.07. The highest BCUT2D eigenvalue weighted by molar-refractivity contribution is 5.79. The summed E-state index contributed by atoms with van der Waals surface area (Å²) < 4.78 is 0. The molecule has 5 nitrogen and oxygen atoms in total. The molecule has 0 aliphatic rings. The van der Waals surface area contributed by atoms with Crippen molar-refractivity contribution in [3.05, 3.63) is 51.9 Å². The van der Waals surface area contributed by atoms with E-state index in [1.165, 1.54) is 0 Å². The lowest BCUT2D eigenvalue weighted by atomic mass is 10.2. The molecule has 5 heteroatoms. The van der Waals surface area contributed by atoms with Crippen LogP contribution in [0.2, 0.25) is 0 Å². The summed E-state index contributed by atoms with van der Waals surface area (Å²) in [6.07, 6.45) is 1.68. The maximum atomic E-state index is 11.9. The third-order valence-corrected chi connectivity index (χ3v) is 3.09. The summed E-state index contributed by atoms with van der Waals surface area (Å²) in [6.45, 7) is 2.33. The normalized spacial score (nSPS) is 11.1. The second kappa shape index (κ2) is 4.37. The summed E-state index contributed by atoms with van der Waals surface area (Å²) in [5, 5.41) is 0. The van der Waals surface area contributed by atoms with E-state index in [1.807, 2.05) is 25.1 Å². The van der Waals surface area contributed by atoms with Crippen molar-refractivity contribution in [3.8, 4) is 11.4 Å². The maximum absolute atomic E-state index is 11.9. The van der Waals surface area contributed by atoms with Crippen LogP contribution in [-0.4, -0.2) is 15.0 Å². The lowest BCUT2D eigenvalue weighted by Crippen LogP contribution is -2.05. The number of H-pyrrole nitrogens is 2. The van der Waals surface area contributed by atoms with Crippen LogP contribution >= 0.6 is 0 Å². The van der Waals surface area contributed by atoms with Crippen LogP contribution in [0.15, 0.2) is 35.3 Å². The molecule has 0 radical (unpaired) electrons. The molecule has 96 valence electrons. The van der Waals surface area contributed by atoms with Gasteiger partial charge in [-0.2, -0.15) is 0 Å². The molecular formula is C14H14N4O. The van der Waals surface area contributed by atoms with E-state index < -0.39 is 0 Å². The van der Waals surface area contributed by atoms with Crippen molar-refractivity contribution in [2.45, 2.75) is 13.5 Å². The molecule has 0 spiro atoms. The topological polar surface area (TPSA) is 87.6 Å². The molecule has 3 rings (SSSR count). The Bertz CT molecular complexity index is 801. The molecule has 19 heavy (non-hydrogen) atoms. The first-order valence-electron chi connectivity index (χ1n) is 6.06. The van der Waals surface area contributed by atoms with E-state index in [0.29, 0.717) is 17.9 Å². The number of rotatable bonds is 2.